The number of aromatic nitrogens is 1. The van der Waals surface area contributed by atoms with E-state index in [-0.39, 0.29) is 23.1 Å². The van der Waals surface area contributed by atoms with Crippen LogP contribution in [0.2, 0.25) is 0 Å². The second-order valence-electron chi connectivity index (χ2n) is 9.48. The first-order valence-electron chi connectivity index (χ1n) is 13.3. The van der Waals surface area contributed by atoms with Crippen molar-refractivity contribution in [2.45, 2.75) is 38.8 Å². The number of ether oxygens (including phenoxy) is 6. The number of nitrogens with one attached hydrogen (secondary N) is 2. The zero-order valence-corrected chi connectivity index (χ0v) is 25.5. The standard InChI is InChI=1S/C31H37N3O9/c1-17(33-30(36)18(2)34-31(37)28-29(43-19(3)35)24(40-6)13-14-32-28)27(20-9-11-22(38-4)25(15-20)41-7)21-10-12-23(39-5)26(16-21)42-8/h9-18,27H,1-8H3,(H,33,36)(H,34,37)/t17-,18-/m0/s1. The summed E-state index contributed by atoms with van der Waals surface area (Å²) in [5, 5.41) is 5.62. The molecule has 0 saturated heterocycles. The van der Waals surface area contributed by atoms with Gasteiger partial charge in [-0.3, -0.25) is 14.4 Å². The summed E-state index contributed by atoms with van der Waals surface area (Å²) in [4.78, 5) is 42.1. The number of amides is 2. The summed E-state index contributed by atoms with van der Waals surface area (Å²) >= 11 is 0. The van der Waals surface area contributed by atoms with E-state index in [1.165, 1.54) is 33.2 Å². The minimum atomic E-state index is -0.982. The molecule has 0 saturated carbocycles. The van der Waals surface area contributed by atoms with E-state index in [1.54, 1.807) is 40.6 Å². The summed E-state index contributed by atoms with van der Waals surface area (Å²) in [6.45, 7) is 4.58. The van der Waals surface area contributed by atoms with Crippen LogP contribution in [-0.2, 0) is 9.59 Å². The van der Waals surface area contributed by atoms with E-state index in [9.17, 15) is 14.4 Å². The van der Waals surface area contributed by atoms with Crippen LogP contribution in [0.25, 0.3) is 0 Å². The van der Waals surface area contributed by atoms with E-state index in [0.29, 0.717) is 23.0 Å². The largest absolute Gasteiger partial charge is 0.493 e. The Kier molecular flexibility index (Phi) is 11.2. The maximum atomic E-state index is 13.4. The Balaban J connectivity index is 1.90. The number of carbonyl (C=O) groups is 3. The fourth-order valence-electron chi connectivity index (χ4n) is 4.62. The van der Waals surface area contributed by atoms with Gasteiger partial charge < -0.3 is 39.1 Å². The summed E-state index contributed by atoms with van der Waals surface area (Å²) in [5.41, 5.74) is 1.47. The molecule has 3 aromatic rings. The van der Waals surface area contributed by atoms with E-state index >= 15 is 0 Å². The molecule has 0 aliphatic heterocycles. The number of rotatable bonds is 13. The Labute approximate surface area is 250 Å². The van der Waals surface area contributed by atoms with Gasteiger partial charge in [0, 0.05) is 31.1 Å². The monoisotopic (exact) mass is 595 g/mol. The zero-order chi connectivity index (χ0) is 31.7. The molecular weight excluding hydrogens is 558 g/mol. The molecule has 12 nitrogen and oxygen atoms in total. The number of methoxy groups -OCH3 is 5. The Morgan fingerprint density at radius 1 is 0.698 bits per heavy atom. The van der Waals surface area contributed by atoms with E-state index in [0.717, 1.165) is 11.1 Å². The zero-order valence-electron chi connectivity index (χ0n) is 25.5. The summed E-state index contributed by atoms with van der Waals surface area (Å²) < 4.78 is 32.2. The van der Waals surface area contributed by atoms with E-state index < -0.39 is 29.9 Å². The predicted molar refractivity (Wildman–Crippen MR) is 158 cm³/mol. The van der Waals surface area contributed by atoms with Crippen LogP contribution in [0.1, 0.15) is 48.3 Å². The van der Waals surface area contributed by atoms with Gasteiger partial charge in [0.25, 0.3) is 5.91 Å². The minimum Gasteiger partial charge on any atom is -0.493 e. The van der Waals surface area contributed by atoms with Crippen molar-refractivity contribution in [3.05, 3.63) is 65.5 Å². The number of carbonyl (C=O) groups excluding carboxylic acids is 3. The van der Waals surface area contributed by atoms with Crippen molar-refractivity contribution in [3.63, 3.8) is 0 Å². The second-order valence-corrected chi connectivity index (χ2v) is 9.48. The first kappa shape index (κ1) is 32.5. The summed E-state index contributed by atoms with van der Waals surface area (Å²) in [7, 11) is 7.57. The van der Waals surface area contributed by atoms with Crippen LogP contribution in [0.4, 0.5) is 0 Å². The number of hydrogen-bond acceptors (Lipinski definition) is 10. The molecule has 0 fully saturated rings. The molecule has 1 heterocycles. The topological polar surface area (TPSA) is 144 Å². The second kappa shape index (κ2) is 14.8. The van der Waals surface area contributed by atoms with Gasteiger partial charge in [-0.2, -0.15) is 0 Å². The lowest BCUT2D eigenvalue weighted by Gasteiger charge is -2.28. The molecule has 2 amide bonds. The number of esters is 1. The lowest BCUT2D eigenvalue weighted by molar-refractivity contribution is -0.132. The van der Waals surface area contributed by atoms with Gasteiger partial charge >= 0.3 is 5.97 Å². The van der Waals surface area contributed by atoms with Crippen LogP contribution >= 0.6 is 0 Å². The van der Waals surface area contributed by atoms with Crippen LogP contribution in [0.15, 0.2) is 48.7 Å². The van der Waals surface area contributed by atoms with Crippen molar-refractivity contribution in [1.29, 1.82) is 0 Å². The van der Waals surface area contributed by atoms with E-state index in [2.05, 4.69) is 15.6 Å². The number of benzene rings is 2. The van der Waals surface area contributed by atoms with Crippen molar-refractivity contribution in [2.75, 3.05) is 35.5 Å². The predicted octanol–water partition coefficient (Wildman–Crippen LogP) is 3.51. The molecule has 3 rings (SSSR count). The molecular formula is C31H37N3O9. The van der Waals surface area contributed by atoms with E-state index in [1.807, 2.05) is 31.2 Å². The van der Waals surface area contributed by atoms with Gasteiger partial charge in [-0.1, -0.05) is 12.1 Å². The molecule has 0 aliphatic rings. The molecule has 0 spiro atoms. The molecule has 43 heavy (non-hydrogen) atoms. The smallest absolute Gasteiger partial charge is 0.308 e. The van der Waals surface area contributed by atoms with E-state index in [4.69, 9.17) is 28.4 Å². The highest BCUT2D eigenvalue weighted by Crippen LogP contribution is 2.38. The summed E-state index contributed by atoms with van der Waals surface area (Å²) in [6.07, 6.45) is 1.34. The van der Waals surface area contributed by atoms with Gasteiger partial charge in [-0.15, -0.1) is 0 Å². The fraction of sp³-hybridized carbons (Fsp3) is 0.355. The van der Waals surface area contributed by atoms with Crippen LogP contribution in [0.3, 0.4) is 0 Å². The highest BCUT2D eigenvalue weighted by molar-refractivity contribution is 5.99. The van der Waals surface area contributed by atoms with Crippen LogP contribution in [0.5, 0.6) is 34.5 Å². The number of hydrogen-bond donors (Lipinski definition) is 2. The van der Waals surface area contributed by atoms with Gasteiger partial charge in [0.15, 0.2) is 34.4 Å². The van der Waals surface area contributed by atoms with Crippen molar-refractivity contribution in [1.82, 2.24) is 15.6 Å². The average Bonchev–Trinajstić information content (AvgIpc) is 3.00. The third-order valence-electron chi connectivity index (χ3n) is 6.69. The Morgan fingerprint density at radius 3 is 1.67 bits per heavy atom. The number of nitrogens with zero attached hydrogens (tertiary/aromatic N) is 1. The first-order valence-corrected chi connectivity index (χ1v) is 13.3. The highest BCUT2D eigenvalue weighted by Gasteiger charge is 2.29. The number of pyridine rings is 1. The maximum absolute atomic E-state index is 13.4. The quantitative estimate of drug-likeness (QED) is 0.282. The summed E-state index contributed by atoms with van der Waals surface area (Å²) in [5.74, 6) is -0.0251. The van der Waals surface area contributed by atoms with Crippen molar-refractivity contribution >= 4 is 17.8 Å². The van der Waals surface area contributed by atoms with Crippen LogP contribution in [0, 0.1) is 0 Å². The van der Waals surface area contributed by atoms with Crippen molar-refractivity contribution in [2.24, 2.45) is 0 Å². The highest BCUT2D eigenvalue weighted by atomic mass is 16.6. The SMILES string of the molecule is COc1ccc(C(c2ccc(OC)c(OC)c2)[C@H](C)NC(=O)[C@H](C)NC(=O)c2nccc(OC)c2OC(C)=O)cc1OC. The molecule has 2 atom stereocenters. The van der Waals surface area contributed by atoms with Crippen molar-refractivity contribution in [3.8, 4) is 34.5 Å². The van der Waals surface area contributed by atoms with Crippen LogP contribution < -0.4 is 39.1 Å². The Bertz CT molecular complexity index is 1400. The lowest BCUT2D eigenvalue weighted by Crippen LogP contribution is -2.49. The molecule has 230 valence electrons. The van der Waals surface area contributed by atoms with Gasteiger partial charge in [0.2, 0.25) is 11.7 Å². The summed E-state index contributed by atoms with van der Waals surface area (Å²) in [6, 6.07) is 11.1. The Morgan fingerprint density at radius 2 is 1.21 bits per heavy atom. The first-order chi connectivity index (χ1) is 20.6. The normalized spacial score (nSPS) is 12.0. The van der Waals surface area contributed by atoms with Gasteiger partial charge in [0.1, 0.15) is 6.04 Å². The van der Waals surface area contributed by atoms with Gasteiger partial charge in [-0.05, 0) is 49.2 Å². The third-order valence-corrected chi connectivity index (χ3v) is 6.69. The molecule has 2 aromatic carbocycles. The Hall–Kier alpha value is -5.00. The average molecular weight is 596 g/mol. The fourth-order valence-corrected chi connectivity index (χ4v) is 4.62. The maximum Gasteiger partial charge on any atom is 0.308 e. The molecule has 12 heteroatoms. The lowest BCUT2D eigenvalue weighted by atomic mass is 9.85. The van der Waals surface area contributed by atoms with Crippen molar-refractivity contribution < 1.29 is 42.8 Å². The molecule has 0 aliphatic carbocycles. The van der Waals surface area contributed by atoms with Gasteiger partial charge in [-0.25, -0.2) is 4.98 Å². The molecule has 0 unspecified atom stereocenters. The molecule has 2 N–H and O–H groups in total. The third kappa shape index (κ3) is 7.64. The molecule has 0 bridgehead atoms. The van der Waals surface area contributed by atoms with Gasteiger partial charge in [0.05, 0.1) is 35.5 Å². The molecule has 0 radical (unpaired) electrons. The minimum absolute atomic E-state index is 0.141. The van der Waals surface area contributed by atoms with Crippen LogP contribution in [-0.4, -0.2) is 70.4 Å². The molecule has 1 aromatic heterocycles.